The molecule has 0 atom stereocenters. The number of aliphatic hydroxyl groups excluding tert-OH is 1. The van der Waals surface area contributed by atoms with E-state index >= 15 is 0 Å². The number of rotatable bonds is 7. The van der Waals surface area contributed by atoms with Crippen molar-refractivity contribution in [3.8, 4) is 0 Å². The summed E-state index contributed by atoms with van der Waals surface area (Å²) >= 11 is 0. The van der Waals surface area contributed by atoms with Crippen LogP contribution < -0.4 is 5.32 Å². The van der Waals surface area contributed by atoms with Crippen LogP contribution in [0.5, 0.6) is 0 Å². The molecule has 0 aromatic heterocycles. The zero-order valence-electron chi connectivity index (χ0n) is 10.9. The van der Waals surface area contributed by atoms with E-state index < -0.39 is 5.97 Å². The van der Waals surface area contributed by atoms with Gasteiger partial charge in [-0.3, -0.25) is 4.79 Å². The lowest BCUT2D eigenvalue weighted by atomic mass is 9.95. The normalized spacial score (nSPS) is 11.5. The van der Waals surface area contributed by atoms with E-state index in [1.165, 1.54) is 0 Å². The van der Waals surface area contributed by atoms with E-state index in [-0.39, 0.29) is 18.4 Å². The zero-order valence-corrected chi connectivity index (χ0v) is 10.9. The predicted molar refractivity (Wildman–Crippen MR) is 70.4 cm³/mol. The van der Waals surface area contributed by atoms with Gasteiger partial charge in [0.15, 0.2) is 0 Å². The second kappa shape index (κ2) is 6.52. The van der Waals surface area contributed by atoms with Gasteiger partial charge in [-0.15, -0.1) is 0 Å². The summed E-state index contributed by atoms with van der Waals surface area (Å²) in [6.45, 7) is 5.60. The van der Waals surface area contributed by atoms with Crippen molar-refractivity contribution < 1.29 is 15.0 Å². The summed E-state index contributed by atoms with van der Waals surface area (Å²) in [5.74, 6) is -0.814. The molecule has 0 saturated heterocycles. The molecule has 0 bridgehead atoms. The minimum Gasteiger partial charge on any atom is -0.481 e. The van der Waals surface area contributed by atoms with E-state index in [0.717, 1.165) is 24.2 Å². The van der Waals surface area contributed by atoms with Crippen LogP contribution in [0.2, 0.25) is 0 Å². The van der Waals surface area contributed by atoms with Gasteiger partial charge in [0.2, 0.25) is 0 Å². The molecule has 0 aliphatic carbocycles. The maximum absolute atomic E-state index is 10.5. The third-order valence-electron chi connectivity index (χ3n) is 2.74. The highest BCUT2D eigenvalue weighted by Gasteiger charge is 2.15. The third-order valence-corrected chi connectivity index (χ3v) is 2.74. The number of carboxylic acid groups (broad SMARTS) is 1. The average Bonchev–Trinajstić information content (AvgIpc) is 2.30. The van der Waals surface area contributed by atoms with Crippen molar-refractivity contribution in [3.63, 3.8) is 0 Å². The van der Waals surface area contributed by atoms with E-state index in [1.807, 2.05) is 38.1 Å². The quantitative estimate of drug-likeness (QED) is 0.685. The molecule has 0 fully saturated rings. The van der Waals surface area contributed by atoms with E-state index in [2.05, 4.69) is 5.32 Å². The van der Waals surface area contributed by atoms with Crippen molar-refractivity contribution in [2.45, 2.75) is 26.8 Å². The molecule has 1 rings (SSSR count). The summed E-state index contributed by atoms with van der Waals surface area (Å²) in [7, 11) is 0. The fraction of sp³-hybridized carbons (Fsp3) is 0.500. The molecule has 3 N–H and O–H groups in total. The van der Waals surface area contributed by atoms with Crippen molar-refractivity contribution >= 4 is 5.97 Å². The van der Waals surface area contributed by atoms with Crippen LogP contribution in [0.1, 0.15) is 25.0 Å². The summed E-state index contributed by atoms with van der Waals surface area (Å²) in [5.41, 5.74) is 1.79. The number of benzene rings is 1. The third kappa shape index (κ3) is 5.29. The van der Waals surface area contributed by atoms with Gasteiger partial charge in [-0.2, -0.15) is 0 Å². The topological polar surface area (TPSA) is 69.6 Å². The van der Waals surface area contributed by atoms with Crippen LogP contribution in [0.4, 0.5) is 0 Å². The monoisotopic (exact) mass is 251 g/mol. The molecule has 1 aromatic carbocycles. The SMILES string of the molecule is CC(C)(CO)CNCc1ccc(CC(=O)O)cc1. The second-order valence-corrected chi connectivity index (χ2v) is 5.31. The maximum Gasteiger partial charge on any atom is 0.307 e. The number of aliphatic hydroxyl groups is 1. The highest BCUT2D eigenvalue weighted by Crippen LogP contribution is 2.12. The lowest BCUT2D eigenvalue weighted by Crippen LogP contribution is -2.31. The van der Waals surface area contributed by atoms with Crippen LogP contribution in [0.15, 0.2) is 24.3 Å². The summed E-state index contributed by atoms with van der Waals surface area (Å²) in [5, 5.41) is 21.1. The zero-order chi connectivity index (χ0) is 13.6. The molecular formula is C14H21NO3. The van der Waals surface area contributed by atoms with Gasteiger partial charge in [0, 0.05) is 25.1 Å². The Balaban J connectivity index is 2.42. The van der Waals surface area contributed by atoms with E-state index in [1.54, 1.807) is 0 Å². The molecule has 0 aliphatic heterocycles. The van der Waals surface area contributed by atoms with Gasteiger partial charge in [0.25, 0.3) is 0 Å². The van der Waals surface area contributed by atoms with Crippen molar-refractivity contribution in [1.82, 2.24) is 5.32 Å². The molecule has 0 unspecified atom stereocenters. The lowest BCUT2D eigenvalue weighted by molar-refractivity contribution is -0.136. The molecular weight excluding hydrogens is 230 g/mol. The molecule has 0 aliphatic rings. The van der Waals surface area contributed by atoms with Crippen molar-refractivity contribution in [1.29, 1.82) is 0 Å². The maximum atomic E-state index is 10.5. The Kier molecular flexibility index (Phi) is 5.31. The number of hydrogen-bond acceptors (Lipinski definition) is 3. The molecule has 100 valence electrons. The number of hydrogen-bond donors (Lipinski definition) is 3. The Hall–Kier alpha value is -1.39. The van der Waals surface area contributed by atoms with Gasteiger partial charge >= 0.3 is 5.97 Å². The molecule has 4 heteroatoms. The van der Waals surface area contributed by atoms with Crippen molar-refractivity contribution in [3.05, 3.63) is 35.4 Å². The van der Waals surface area contributed by atoms with Crippen LogP contribution in [0.3, 0.4) is 0 Å². The van der Waals surface area contributed by atoms with E-state index in [4.69, 9.17) is 10.2 Å². The van der Waals surface area contributed by atoms with Gasteiger partial charge in [-0.05, 0) is 11.1 Å². The first-order chi connectivity index (χ1) is 8.43. The molecule has 4 nitrogen and oxygen atoms in total. The van der Waals surface area contributed by atoms with Gasteiger partial charge in [-0.1, -0.05) is 38.1 Å². The molecule has 0 spiro atoms. The van der Waals surface area contributed by atoms with Crippen molar-refractivity contribution in [2.75, 3.05) is 13.2 Å². The first-order valence-corrected chi connectivity index (χ1v) is 6.04. The fourth-order valence-electron chi connectivity index (χ4n) is 1.55. The van der Waals surface area contributed by atoms with Gasteiger partial charge in [0.1, 0.15) is 0 Å². The summed E-state index contributed by atoms with van der Waals surface area (Å²) in [6, 6.07) is 7.53. The Morgan fingerprint density at radius 3 is 2.28 bits per heavy atom. The minimum atomic E-state index is -0.814. The standard InChI is InChI=1S/C14H21NO3/c1-14(2,10-16)9-15-8-12-5-3-11(4-6-12)7-13(17)18/h3-6,15-16H,7-10H2,1-2H3,(H,17,18). The number of carboxylic acids is 1. The van der Waals surface area contributed by atoms with Crippen LogP contribution in [-0.4, -0.2) is 29.3 Å². The molecule has 0 saturated carbocycles. The van der Waals surface area contributed by atoms with Crippen LogP contribution in [0, 0.1) is 5.41 Å². The first-order valence-electron chi connectivity index (χ1n) is 6.04. The predicted octanol–water partition coefficient (Wildman–Crippen LogP) is 1.42. The number of nitrogens with one attached hydrogen (secondary N) is 1. The Morgan fingerprint density at radius 2 is 1.78 bits per heavy atom. The molecule has 1 aromatic rings. The van der Waals surface area contributed by atoms with Crippen molar-refractivity contribution in [2.24, 2.45) is 5.41 Å². The second-order valence-electron chi connectivity index (χ2n) is 5.31. The smallest absolute Gasteiger partial charge is 0.307 e. The van der Waals surface area contributed by atoms with Gasteiger partial charge in [0.05, 0.1) is 6.42 Å². The minimum absolute atomic E-state index is 0.0608. The van der Waals surface area contributed by atoms with E-state index in [9.17, 15) is 4.79 Å². The van der Waals surface area contributed by atoms with Crippen LogP contribution in [0.25, 0.3) is 0 Å². The van der Waals surface area contributed by atoms with E-state index in [0.29, 0.717) is 0 Å². The van der Waals surface area contributed by atoms with Crippen LogP contribution in [-0.2, 0) is 17.8 Å². The summed E-state index contributed by atoms with van der Waals surface area (Å²) in [6.07, 6.45) is 0.0608. The highest BCUT2D eigenvalue weighted by atomic mass is 16.4. The Bertz CT molecular complexity index is 385. The average molecular weight is 251 g/mol. The number of carbonyl (C=O) groups is 1. The fourth-order valence-corrected chi connectivity index (χ4v) is 1.55. The Labute approximate surface area is 108 Å². The summed E-state index contributed by atoms with van der Waals surface area (Å²) in [4.78, 5) is 10.5. The van der Waals surface area contributed by atoms with Crippen LogP contribution >= 0.6 is 0 Å². The Morgan fingerprint density at radius 1 is 1.22 bits per heavy atom. The molecule has 0 heterocycles. The van der Waals surface area contributed by atoms with Gasteiger partial charge < -0.3 is 15.5 Å². The lowest BCUT2D eigenvalue weighted by Gasteiger charge is -2.21. The van der Waals surface area contributed by atoms with Gasteiger partial charge in [-0.25, -0.2) is 0 Å². The molecule has 18 heavy (non-hydrogen) atoms. The highest BCUT2D eigenvalue weighted by molar-refractivity contribution is 5.70. The molecule has 0 amide bonds. The largest absolute Gasteiger partial charge is 0.481 e. The first kappa shape index (κ1) is 14.7. The number of aliphatic carboxylic acids is 1. The summed E-state index contributed by atoms with van der Waals surface area (Å²) < 4.78 is 0. The molecule has 0 radical (unpaired) electrons.